The molecule has 6 heteroatoms. The van der Waals surface area contributed by atoms with Crippen LogP contribution in [0.2, 0.25) is 0 Å². The fraction of sp³-hybridized carbons (Fsp3) is 0.130. The van der Waals surface area contributed by atoms with E-state index in [1.54, 1.807) is 73.7 Å². The van der Waals surface area contributed by atoms with E-state index in [1.165, 1.54) is 12.0 Å². The van der Waals surface area contributed by atoms with Gasteiger partial charge in [0.1, 0.15) is 29.1 Å². The molecule has 29 heavy (non-hydrogen) atoms. The van der Waals surface area contributed by atoms with Crippen LogP contribution in [0.3, 0.4) is 0 Å². The third-order valence-electron chi connectivity index (χ3n) is 4.85. The molecule has 1 saturated heterocycles. The van der Waals surface area contributed by atoms with Crippen LogP contribution >= 0.6 is 0 Å². The van der Waals surface area contributed by atoms with Gasteiger partial charge in [-0.05, 0) is 31.2 Å². The number of amides is 1. The number of hydrogen-bond donors (Lipinski definition) is 1. The molecule has 146 valence electrons. The summed E-state index contributed by atoms with van der Waals surface area (Å²) in [5.74, 6) is -0.184. The first-order valence-corrected chi connectivity index (χ1v) is 9.08. The van der Waals surface area contributed by atoms with Crippen molar-refractivity contribution >= 4 is 23.1 Å². The Labute approximate surface area is 167 Å². The summed E-state index contributed by atoms with van der Waals surface area (Å²) in [7, 11) is 1.52. The molecular formula is C23H19NO5. The van der Waals surface area contributed by atoms with Crippen molar-refractivity contribution in [1.29, 1.82) is 0 Å². The van der Waals surface area contributed by atoms with Crippen LogP contribution in [-0.4, -0.2) is 23.9 Å². The lowest BCUT2D eigenvalue weighted by Crippen LogP contribution is -2.29. The number of carbonyl (C=O) groups excluding carboxylic acids is 2. The van der Waals surface area contributed by atoms with E-state index in [4.69, 9.17) is 9.15 Å². The number of ether oxygens (including phenoxy) is 1. The first-order chi connectivity index (χ1) is 14.0. The van der Waals surface area contributed by atoms with E-state index in [0.29, 0.717) is 28.5 Å². The second-order valence-electron chi connectivity index (χ2n) is 6.69. The third-order valence-corrected chi connectivity index (χ3v) is 4.85. The largest absolute Gasteiger partial charge is 0.507 e. The van der Waals surface area contributed by atoms with Crippen LogP contribution in [0, 0.1) is 6.92 Å². The second kappa shape index (κ2) is 7.31. The highest BCUT2D eigenvalue weighted by Gasteiger charge is 2.48. The fourth-order valence-electron chi connectivity index (χ4n) is 3.48. The van der Waals surface area contributed by atoms with E-state index < -0.39 is 17.7 Å². The van der Waals surface area contributed by atoms with Gasteiger partial charge >= 0.3 is 0 Å². The number of anilines is 1. The maximum Gasteiger partial charge on any atom is 0.300 e. The number of furan rings is 1. The number of Topliss-reactive ketones (excluding diaryl/α,β-unsaturated/α-hetero) is 1. The van der Waals surface area contributed by atoms with Gasteiger partial charge in [0.15, 0.2) is 0 Å². The predicted octanol–water partition coefficient (Wildman–Crippen LogP) is 4.22. The average molecular weight is 389 g/mol. The number of carbonyl (C=O) groups is 2. The predicted molar refractivity (Wildman–Crippen MR) is 108 cm³/mol. The lowest BCUT2D eigenvalue weighted by atomic mass is 9.99. The van der Waals surface area contributed by atoms with Crippen LogP contribution in [-0.2, 0) is 9.59 Å². The quantitative estimate of drug-likeness (QED) is 0.410. The van der Waals surface area contributed by atoms with E-state index in [9.17, 15) is 14.7 Å². The van der Waals surface area contributed by atoms with Gasteiger partial charge in [-0.1, -0.05) is 36.4 Å². The number of aliphatic hydroxyl groups is 1. The molecule has 0 aliphatic carbocycles. The molecule has 1 aromatic heterocycles. The Balaban J connectivity index is 1.94. The highest BCUT2D eigenvalue weighted by atomic mass is 16.5. The first kappa shape index (κ1) is 18.6. The number of aryl methyl sites for hydroxylation is 1. The zero-order chi connectivity index (χ0) is 20.5. The number of benzene rings is 2. The van der Waals surface area contributed by atoms with E-state index in [0.717, 1.165) is 0 Å². The number of rotatable bonds is 4. The number of hydrogen-bond acceptors (Lipinski definition) is 5. The number of ketones is 1. The number of nitrogens with zero attached hydrogens (tertiary/aromatic N) is 1. The molecule has 4 rings (SSSR count). The molecule has 0 spiro atoms. The zero-order valence-electron chi connectivity index (χ0n) is 16.0. The number of aliphatic hydroxyl groups excluding tert-OH is 1. The Morgan fingerprint density at radius 1 is 1.03 bits per heavy atom. The molecule has 1 aliphatic heterocycles. The lowest BCUT2D eigenvalue weighted by molar-refractivity contribution is -0.132. The van der Waals surface area contributed by atoms with Crippen molar-refractivity contribution in [3.63, 3.8) is 0 Å². The van der Waals surface area contributed by atoms with Gasteiger partial charge in [0.2, 0.25) is 0 Å². The Morgan fingerprint density at radius 3 is 2.45 bits per heavy atom. The Kier molecular flexibility index (Phi) is 4.68. The first-order valence-electron chi connectivity index (χ1n) is 9.08. The topological polar surface area (TPSA) is 80.0 Å². The molecule has 2 heterocycles. The smallest absolute Gasteiger partial charge is 0.300 e. The van der Waals surface area contributed by atoms with Crippen LogP contribution < -0.4 is 9.64 Å². The summed E-state index contributed by atoms with van der Waals surface area (Å²) in [6.07, 6.45) is 0. The van der Waals surface area contributed by atoms with E-state index in [2.05, 4.69) is 0 Å². The zero-order valence-corrected chi connectivity index (χ0v) is 16.0. The van der Waals surface area contributed by atoms with Crippen LogP contribution in [0.5, 0.6) is 5.75 Å². The van der Waals surface area contributed by atoms with Crippen LogP contribution in [0.25, 0.3) is 5.76 Å². The van der Waals surface area contributed by atoms with E-state index in [-0.39, 0.29) is 11.3 Å². The van der Waals surface area contributed by atoms with Crippen molar-refractivity contribution < 1.29 is 23.8 Å². The van der Waals surface area contributed by atoms with Crippen molar-refractivity contribution in [3.05, 3.63) is 89.4 Å². The summed E-state index contributed by atoms with van der Waals surface area (Å²) in [5.41, 5.74) is 0.903. The summed E-state index contributed by atoms with van der Waals surface area (Å²) in [4.78, 5) is 27.3. The monoisotopic (exact) mass is 389 g/mol. The minimum Gasteiger partial charge on any atom is -0.507 e. The highest BCUT2D eigenvalue weighted by Crippen LogP contribution is 2.43. The standard InChI is InChI=1S/C23H19NO5/c1-14-11-12-18(29-14)20-19(21(25)15-7-4-3-5-8-15)22(26)23(27)24(20)16-9-6-10-17(13-16)28-2/h3-13,20,25H,1-2H3/b21-19-. The lowest BCUT2D eigenvalue weighted by Gasteiger charge is -2.23. The van der Waals surface area contributed by atoms with Crippen molar-refractivity contribution in [3.8, 4) is 5.75 Å². The minimum absolute atomic E-state index is 0.0154. The van der Waals surface area contributed by atoms with Gasteiger partial charge in [-0.3, -0.25) is 14.5 Å². The van der Waals surface area contributed by atoms with Crippen molar-refractivity contribution in [1.82, 2.24) is 0 Å². The summed E-state index contributed by atoms with van der Waals surface area (Å²) in [6, 6.07) is 18.1. The van der Waals surface area contributed by atoms with Gasteiger partial charge < -0.3 is 14.3 Å². The minimum atomic E-state index is -0.893. The van der Waals surface area contributed by atoms with Gasteiger partial charge in [-0.15, -0.1) is 0 Å². The molecule has 0 bridgehead atoms. The normalized spacial score (nSPS) is 18.3. The molecule has 6 nitrogen and oxygen atoms in total. The summed E-state index contributed by atoms with van der Waals surface area (Å²) >= 11 is 0. The molecule has 3 aromatic rings. The van der Waals surface area contributed by atoms with Crippen molar-refractivity contribution in [2.75, 3.05) is 12.0 Å². The Hall–Kier alpha value is -3.80. The third kappa shape index (κ3) is 3.18. The molecule has 1 fully saturated rings. The molecule has 1 N–H and O–H groups in total. The summed E-state index contributed by atoms with van der Waals surface area (Å²) in [5, 5.41) is 10.9. The van der Waals surface area contributed by atoms with Crippen LogP contribution in [0.15, 0.2) is 76.7 Å². The summed E-state index contributed by atoms with van der Waals surface area (Å²) < 4.78 is 11.0. The summed E-state index contributed by atoms with van der Waals surface area (Å²) in [6.45, 7) is 1.78. The maximum atomic E-state index is 13.0. The Morgan fingerprint density at radius 2 is 1.79 bits per heavy atom. The number of methoxy groups -OCH3 is 1. The van der Waals surface area contributed by atoms with Crippen LogP contribution in [0.1, 0.15) is 23.1 Å². The second-order valence-corrected chi connectivity index (χ2v) is 6.69. The van der Waals surface area contributed by atoms with Crippen molar-refractivity contribution in [2.45, 2.75) is 13.0 Å². The van der Waals surface area contributed by atoms with Gasteiger partial charge in [0.25, 0.3) is 11.7 Å². The highest BCUT2D eigenvalue weighted by molar-refractivity contribution is 6.51. The van der Waals surface area contributed by atoms with Crippen LogP contribution in [0.4, 0.5) is 5.69 Å². The SMILES string of the molecule is COc1cccc(N2C(=O)C(=O)/C(=C(\O)c3ccccc3)C2c2ccc(C)o2)c1. The fourth-order valence-corrected chi connectivity index (χ4v) is 3.48. The molecular weight excluding hydrogens is 370 g/mol. The van der Waals surface area contributed by atoms with Gasteiger partial charge in [-0.2, -0.15) is 0 Å². The maximum absolute atomic E-state index is 13.0. The molecule has 1 aliphatic rings. The Bertz CT molecular complexity index is 1110. The molecule has 1 atom stereocenters. The average Bonchev–Trinajstić information content (AvgIpc) is 3.29. The molecule has 0 radical (unpaired) electrons. The molecule has 1 unspecified atom stereocenters. The molecule has 1 amide bonds. The van der Waals surface area contributed by atoms with Gasteiger partial charge in [-0.25, -0.2) is 0 Å². The van der Waals surface area contributed by atoms with E-state index >= 15 is 0 Å². The van der Waals surface area contributed by atoms with Gasteiger partial charge in [0, 0.05) is 17.3 Å². The molecule has 2 aromatic carbocycles. The molecule has 0 saturated carbocycles. The van der Waals surface area contributed by atoms with E-state index in [1.807, 2.05) is 0 Å². The van der Waals surface area contributed by atoms with Crippen molar-refractivity contribution in [2.24, 2.45) is 0 Å². The van der Waals surface area contributed by atoms with Gasteiger partial charge in [0.05, 0.1) is 12.7 Å².